The Balaban J connectivity index is 2.25. The van der Waals surface area contributed by atoms with E-state index in [1.165, 1.54) is 38.5 Å². The number of hydrogen-bond donors (Lipinski definition) is 1. The van der Waals surface area contributed by atoms with Crippen LogP contribution in [0, 0.1) is 5.92 Å². The Morgan fingerprint density at radius 2 is 2.06 bits per heavy atom. The lowest BCUT2D eigenvalue weighted by atomic mass is 9.96. The molecule has 0 aliphatic carbocycles. The van der Waals surface area contributed by atoms with Gasteiger partial charge >= 0.3 is 0 Å². The molecule has 0 radical (unpaired) electrons. The van der Waals surface area contributed by atoms with Crippen LogP contribution >= 0.6 is 0 Å². The number of rotatable bonds is 7. The van der Waals surface area contributed by atoms with Gasteiger partial charge in [-0.1, -0.05) is 33.6 Å². The fraction of sp³-hybridized carbons (Fsp3) is 1.00. The van der Waals surface area contributed by atoms with E-state index in [4.69, 9.17) is 4.74 Å². The van der Waals surface area contributed by atoms with E-state index in [1.54, 1.807) is 0 Å². The standard InChI is InChI=1S/C15H31NO/c1-5-7-15-11-14(8-9-17-15)16-13(4)10-12(3)6-2/h12-16H,5-11H2,1-4H3. The molecule has 102 valence electrons. The molecule has 0 aromatic heterocycles. The zero-order chi connectivity index (χ0) is 12.7. The number of hydrogen-bond acceptors (Lipinski definition) is 2. The van der Waals surface area contributed by atoms with Crippen LogP contribution in [0.4, 0.5) is 0 Å². The Morgan fingerprint density at radius 3 is 2.71 bits per heavy atom. The van der Waals surface area contributed by atoms with Crippen LogP contribution in [-0.4, -0.2) is 24.8 Å². The molecule has 1 N–H and O–H groups in total. The van der Waals surface area contributed by atoms with E-state index >= 15 is 0 Å². The van der Waals surface area contributed by atoms with Crippen molar-refractivity contribution >= 4 is 0 Å². The maximum Gasteiger partial charge on any atom is 0.0589 e. The molecule has 1 aliphatic rings. The molecule has 1 aliphatic heterocycles. The predicted molar refractivity (Wildman–Crippen MR) is 74.3 cm³/mol. The van der Waals surface area contributed by atoms with Crippen LogP contribution in [-0.2, 0) is 4.74 Å². The van der Waals surface area contributed by atoms with Gasteiger partial charge in [0.05, 0.1) is 6.10 Å². The van der Waals surface area contributed by atoms with Crippen LogP contribution < -0.4 is 5.32 Å². The van der Waals surface area contributed by atoms with Crippen molar-refractivity contribution in [3.05, 3.63) is 0 Å². The third-order valence-electron chi connectivity index (χ3n) is 3.95. The minimum atomic E-state index is 0.502. The predicted octanol–water partition coefficient (Wildman–Crippen LogP) is 3.75. The largest absolute Gasteiger partial charge is 0.378 e. The normalized spacial score (nSPS) is 28.9. The van der Waals surface area contributed by atoms with E-state index in [2.05, 4.69) is 33.0 Å². The summed E-state index contributed by atoms with van der Waals surface area (Å²) in [6.07, 6.45) is 7.94. The topological polar surface area (TPSA) is 21.3 Å². The molecule has 0 amide bonds. The van der Waals surface area contributed by atoms with Gasteiger partial charge in [0.1, 0.15) is 0 Å². The summed E-state index contributed by atoms with van der Waals surface area (Å²) >= 11 is 0. The Labute approximate surface area is 108 Å². The summed E-state index contributed by atoms with van der Waals surface area (Å²) in [5.41, 5.74) is 0. The molecule has 2 nitrogen and oxygen atoms in total. The van der Waals surface area contributed by atoms with E-state index in [9.17, 15) is 0 Å². The lowest BCUT2D eigenvalue weighted by molar-refractivity contribution is -0.00505. The van der Waals surface area contributed by atoms with Crippen LogP contribution in [0.25, 0.3) is 0 Å². The van der Waals surface area contributed by atoms with Gasteiger partial charge in [0.15, 0.2) is 0 Å². The van der Waals surface area contributed by atoms with Crippen LogP contribution in [0.3, 0.4) is 0 Å². The first-order valence-corrected chi connectivity index (χ1v) is 7.53. The van der Waals surface area contributed by atoms with Gasteiger partial charge in [-0.05, 0) is 38.5 Å². The maximum atomic E-state index is 5.79. The van der Waals surface area contributed by atoms with Crippen LogP contribution in [0.2, 0.25) is 0 Å². The van der Waals surface area contributed by atoms with Crippen molar-refractivity contribution in [1.29, 1.82) is 0 Å². The van der Waals surface area contributed by atoms with E-state index in [1.807, 2.05) is 0 Å². The average molecular weight is 241 g/mol. The maximum absolute atomic E-state index is 5.79. The molecule has 1 fully saturated rings. The molecule has 1 heterocycles. The molecule has 1 rings (SSSR count). The zero-order valence-corrected chi connectivity index (χ0v) is 12.2. The van der Waals surface area contributed by atoms with Gasteiger partial charge < -0.3 is 10.1 Å². The van der Waals surface area contributed by atoms with E-state index in [0.717, 1.165) is 12.5 Å². The Morgan fingerprint density at radius 1 is 1.29 bits per heavy atom. The van der Waals surface area contributed by atoms with E-state index in [0.29, 0.717) is 18.2 Å². The minimum Gasteiger partial charge on any atom is -0.378 e. The molecule has 0 spiro atoms. The van der Waals surface area contributed by atoms with Crippen molar-refractivity contribution < 1.29 is 4.74 Å². The van der Waals surface area contributed by atoms with Gasteiger partial charge in [-0.25, -0.2) is 0 Å². The third-order valence-corrected chi connectivity index (χ3v) is 3.95. The summed E-state index contributed by atoms with van der Waals surface area (Å²) in [5, 5.41) is 3.79. The van der Waals surface area contributed by atoms with Crippen LogP contribution in [0.15, 0.2) is 0 Å². The lowest BCUT2D eigenvalue weighted by Crippen LogP contribution is -2.43. The van der Waals surface area contributed by atoms with Gasteiger partial charge in [0.2, 0.25) is 0 Å². The van der Waals surface area contributed by atoms with Crippen molar-refractivity contribution in [3.63, 3.8) is 0 Å². The SMILES string of the molecule is CCCC1CC(NC(C)CC(C)CC)CCO1. The highest BCUT2D eigenvalue weighted by molar-refractivity contribution is 4.79. The summed E-state index contributed by atoms with van der Waals surface area (Å²) in [5.74, 6) is 0.837. The summed E-state index contributed by atoms with van der Waals surface area (Å²) < 4.78 is 5.79. The summed E-state index contributed by atoms with van der Waals surface area (Å²) in [4.78, 5) is 0. The summed E-state index contributed by atoms with van der Waals surface area (Å²) in [6, 6.07) is 1.33. The van der Waals surface area contributed by atoms with Crippen LogP contribution in [0.5, 0.6) is 0 Å². The van der Waals surface area contributed by atoms with Gasteiger partial charge in [0, 0.05) is 18.7 Å². The highest BCUT2D eigenvalue weighted by atomic mass is 16.5. The smallest absolute Gasteiger partial charge is 0.0589 e. The third kappa shape index (κ3) is 5.87. The number of nitrogens with one attached hydrogen (secondary N) is 1. The molecule has 4 unspecified atom stereocenters. The molecule has 0 aromatic rings. The zero-order valence-electron chi connectivity index (χ0n) is 12.2. The van der Waals surface area contributed by atoms with Gasteiger partial charge in [-0.15, -0.1) is 0 Å². The number of ether oxygens (including phenoxy) is 1. The van der Waals surface area contributed by atoms with Crippen molar-refractivity contribution in [3.8, 4) is 0 Å². The van der Waals surface area contributed by atoms with E-state index < -0.39 is 0 Å². The quantitative estimate of drug-likeness (QED) is 0.733. The second-order valence-electron chi connectivity index (χ2n) is 5.82. The highest BCUT2D eigenvalue weighted by Crippen LogP contribution is 2.19. The lowest BCUT2D eigenvalue weighted by Gasteiger charge is -2.32. The van der Waals surface area contributed by atoms with Crippen molar-refractivity contribution in [2.75, 3.05) is 6.61 Å². The van der Waals surface area contributed by atoms with Gasteiger partial charge in [-0.2, -0.15) is 0 Å². The Hall–Kier alpha value is -0.0800. The first kappa shape index (κ1) is 15.0. The van der Waals surface area contributed by atoms with Gasteiger partial charge in [0.25, 0.3) is 0 Å². The highest BCUT2D eigenvalue weighted by Gasteiger charge is 2.23. The molecule has 2 heteroatoms. The Kier molecular flexibility index (Phi) is 7.14. The average Bonchev–Trinajstić information content (AvgIpc) is 2.29. The van der Waals surface area contributed by atoms with E-state index in [-0.39, 0.29) is 0 Å². The molecule has 0 bridgehead atoms. The molecule has 17 heavy (non-hydrogen) atoms. The van der Waals surface area contributed by atoms with Gasteiger partial charge in [-0.3, -0.25) is 0 Å². The fourth-order valence-electron chi connectivity index (χ4n) is 2.80. The molecule has 4 atom stereocenters. The first-order chi connectivity index (χ1) is 8.15. The van der Waals surface area contributed by atoms with Crippen molar-refractivity contribution in [2.45, 2.75) is 84.4 Å². The van der Waals surface area contributed by atoms with Crippen molar-refractivity contribution in [1.82, 2.24) is 5.32 Å². The van der Waals surface area contributed by atoms with Crippen molar-refractivity contribution in [2.24, 2.45) is 5.92 Å². The minimum absolute atomic E-state index is 0.502. The molecule has 1 saturated heterocycles. The first-order valence-electron chi connectivity index (χ1n) is 7.53. The fourth-order valence-corrected chi connectivity index (χ4v) is 2.80. The molecular weight excluding hydrogens is 210 g/mol. The molecule has 0 saturated carbocycles. The van der Waals surface area contributed by atoms with Crippen LogP contribution in [0.1, 0.15) is 66.2 Å². The Bertz CT molecular complexity index is 193. The summed E-state index contributed by atoms with van der Waals surface area (Å²) in [6.45, 7) is 10.1. The molecule has 0 aromatic carbocycles. The second kappa shape index (κ2) is 8.10. The second-order valence-corrected chi connectivity index (χ2v) is 5.82. The molecular formula is C15H31NO. The summed E-state index contributed by atoms with van der Waals surface area (Å²) in [7, 11) is 0. The monoisotopic (exact) mass is 241 g/mol.